The number of likely N-dealkylation sites (tertiary alicyclic amines) is 1. The van der Waals surface area contributed by atoms with Crippen molar-refractivity contribution < 1.29 is 9.47 Å². The summed E-state index contributed by atoms with van der Waals surface area (Å²) >= 11 is 0. The number of aryl methyl sites for hydroxylation is 1. The Morgan fingerprint density at radius 1 is 1.03 bits per heavy atom. The minimum Gasteiger partial charge on any atom is -0.489 e. The molecule has 2 aliphatic rings. The zero-order chi connectivity index (χ0) is 22.6. The first kappa shape index (κ1) is 21.9. The lowest BCUT2D eigenvalue weighted by Gasteiger charge is -2.32. The van der Waals surface area contributed by atoms with Crippen LogP contribution in [0.5, 0.6) is 11.5 Å². The first-order valence-corrected chi connectivity index (χ1v) is 11.8. The highest BCUT2D eigenvalue weighted by Gasteiger charge is 2.20. The highest BCUT2D eigenvalue weighted by Crippen LogP contribution is 2.29. The van der Waals surface area contributed by atoms with E-state index < -0.39 is 0 Å². The van der Waals surface area contributed by atoms with Crippen molar-refractivity contribution in [2.24, 2.45) is 0 Å². The second-order valence-electron chi connectivity index (χ2n) is 8.91. The molecule has 2 aliphatic heterocycles. The molecule has 0 radical (unpaired) electrons. The number of benzene rings is 1. The Bertz CT molecular complexity index is 1170. The molecule has 8 heteroatoms. The predicted octanol–water partition coefficient (Wildman–Crippen LogP) is 2.52. The van der Waals surface area contributed by atoms with E-state index in [2.05, 4.69) is 20.2 Å². The van der Waals surface area contributed by atoms with Crippen LogP contribution in [-0.4, -0.2) is 58.3 Å². The molecule has 0 aliphatic carbocycles. The molecular formula is C25H31N5O3. The summed E-state index contributed by atoms with van der Waals surface area (Å²) in [5.74, 6) is 1.53. The Hall–Kier alpha value is -2.97. The monoisotopic (exact) mass is 449 g/mol. The Labute approximate surface area is 193 Å². The third-order valence-corrected chi connectivity index (χ3v) is 6.49. The average Bonchev–Trinajstić information content (AvgIpc) is 3.08. The van der Waals surface area contributed by atoms with Crippen molar-refractivity contribution in [2.45, 2.75) is 45.3 Å². The number of aromatic nitrogens is 3. The van der Waals surface area contributed by atoms with Crippen LogP contribution in [0.15, 0.2) is 41.5 Å². The normalized spacial score (nSPS) is 17.2. The molecule has 0 saturated carbocycles. The van der Waals surface area contributed by atoms with E-state index in [4.69, 9.17) is 9.47 Å². The van der Waals surface area contributed by atoms with Gasteiger partial charge in [0.15, 0.2) is 11.5 Å². The van der Waals surface area contributed by atoms with Crippen LogP contribution in [0, 0.1) is 6.92 Å². The number of nitrogens with one attached hydrogen (secondary N) is 1. The number of nitrogens with zero attached hydrogens (tertiary/aromatic N) is 4. The third kappa shape index (κ3) is 5.17. The molecule has 0 amide bonds. The van der Waals surface area contributed by atoms with E-state index in [-0.39, 0.29) is 5.56 Å². The van der Waals surface area contributed by atoms with Gasteiger partial charge >= 0.3 is 0 Å². The minimum absolute atomic E-state index is 0.0349. The summed E-state index contributed by atoms with van der Waals surface area (Å²) in [5.41, 5.74) is 3.86. The second kappa shape index (κ2) is 9.89. The minimum atomic E-state index is -0.0349. The molecule has 5 rings (SSSR count). The van der Waals surface area contributed by atoms with Gasteiger partial charge in [-0.3, -0.25) is 9.78 Å². The molecular weight excluding hydrogens is 418 g/mol. The van der Waals surface area contributed by atoms with Crippen LogP contribution in [0.3, 0.4) is 0 Å². The zero-order valence-corrected chi connectivity index (χ0v) is 19.1. The number of pyridine rings is 1. The van der Waals surface area contributed by atoms with Gasteiger partial charge in [0, 0.05) is 38.2 Å². The standard InChI is InChI=1S/C25H31N5O3/c1-18-3-4-21-22(13-18)30(25(31)17-28-21)10-9-29-7-5-19(6-8-29)26-15-20-14-23-24(16-27-20)33-12-2-11-32-23/h3-4,13-14,16-17,19,26H,2,5-12,15H2,1H3. The molecule has 0 spiro atoms. The van der Waals surface area contributed by atoms with Gasteiger partial charge in [-0.1, -0.05) is 6.07 Å². The van der Waals surface area contributed by atoms with Gasteiger partial charge in [-0.05, 0) is 50.6 Å². The summed E-state index contributed by atoms with van der Waals surface area (Å²) < 4.78 is 13.3. The Kier molecular flexibility index (Phi) is 6.55. The summed E-state index contributed by atoms with van der Waals surface area (Å²) in [5, 5.41) is 3.65. The van der Waals surface area contributed by atoms with Crippen LogP contribution in [0.2, 0.25) is 0 Å². The van der Waals surface area contributed by atoms with Gasteiger partial charge in [0.25, 0.3) is 5.56 Å². The quantitative estimate of drug-likeness (QED) is 0.619. The zero-order valence-electron chi connectivity index (χ0n) is 19.1. The third-order valence-electron chi connectivity index (χ3n) is 6.49. The fourth-order valence-electron chi connectivity index (χ4n) is 4.56. The maximum Gasteiger partial charge on any atom is 0.269 e. The highest BCUT2D eigenvalue weighted by molar-refractivity contribution is 5.75. The molecule has 33 heavy (non-hydrogen) atoms. The van der Waals surface area contributed by atoms with Crippen molar-refractivity contribution in [2.75, 3.05) is 32.8 Å². The fourth-order valence-corrected chi connectivity index (χ4v) is 4.56. The maximum atomic E-state index is 12.4. The van der Waals surface area contributed by atoms with Crippen molar-refractivity contribution in [1.29, 1.82) is 0 Å². The van der Waals surface area contributed by atoms with Crippen LogP contribution in [0.4, 0.5) is 0 Å². The van der Waals surface area contributed by atoms with Gasteiger partial charge in [0.1, 0.15) is 0 Å². The van der Waals surface area contributed by atoms with Gasteiger partial charge in [0.05, 0.1) is 42.3 Å². The Balaban J connectivity index is 1.12. The van der Waals surface area contributed by atoms with Crippen LogP contribution in [-0.2, 0) is 13.1 Å². The molecule has 3 aromatic rings. The number of fused-ring (bicyclic) bond motifs is 2. The van der Waals surface area contributed by atoms with Crippen molar-refractivity contribution in [3.63, 3.8) is 0 Å². The predicted molar refractivity (Wildman–Crippen MR) is 127 cm³/mol. The van der Waals surface area contributed by atoms with E-state index >= 15 is 0 Å². The molecule has 0 atom stereocenters. The second-order valence-corrected chi connectivity index (χ2v) is 8.91. The average molecular weight is 450 g/mol. The van der Waals surface area contributed by atoms with Gasteiger partial charge in [-0.25, -0.2) is 4.98 Å². The van der Waals surface area contributed by atoms with Crippen molar-refractivity contribution in [1.82, 2.24) is 24.8 Å². The summed E-state index contributed by atoms with van der Waals surface area (Å²) in [6.45, 7) is 7.70. The largest absolute Gasteiger partial charge is 0.489 e. The number of hydrogen-bond acceptors (Lipinski definition) is 7. The Morgan fingerprint density at radius 3 is 2.70 bits per heavy atom. The number of rotatable bonds is 6. The SMILES string of the molecule is Cc1ccc2ncc(=O)n(CCN3CCC(NCc4cc5c(cn4)OCCCO5)CC3)c2c1. The molecule has 1 N–H and O–H groups in total. The van der Waals surface area contributed by atoms with Gasteiger partial charge < -0.3 is 24.3 Å². The molecule has 4 heterocycles. The highest BCUT2D eigenvalue weighted by atomic mass is 16.5. The lowest BCUT2D eigenvalue weighted by atomic mass is 10.0. The molecule has 0 unspecified atom stereocenters. The van der Waals surface area contributed by atoms with Crippen LogP contribution in [0.1, 0.15) is 30.5 Å². The van der Waals surface area contributed by atoms with Gasteiger partial charge in [-0.15, -0.1) is 0 Å². The maximum absolute atomic E-state index is 12.4. The number of piperidine rings is 1. The first-order valence-electron chi connectivity index (χ1n) is 11.8. The van der Waals surface area contributed by atoms with Crippen LogP contribution in [0.25, 0.3) is 11.0 Å². The molecule has 1 fully saturated rings. The summed E-state index contributed by atoms with van der Waals surface area (Å²) in [7, 11) is 0. The van der Waals surface area contributed by atoms with E-state index in [1.54, 1.807) is 6.20 Å². The van der Waals surface area contributed by atoms with Crippen molar-refractivity contribution in [3.8, 4) is 11.5 Å². The van der Waals surface area contributed by atoms with Gasteiger partial charge in [-0.2, -0.15) is 0 Å². The van der Waals surface area contributed by atoms with E-state index in [1.165, 1.54) is 6.20 Å². The molecule has 0 bridgehead atoms. The van der Waals surface area contributed by atoms with Gasteiger partial charge in [0.2, 0.25) is 0 Å². The van der Waals surface area contributed by atoms with E-state index in [0.717, 1.165) is 79.2 Å². The molecule has 1 aromatic carbocycles. The summed E-state index contributed by atoms with van der Waals surface area (Å²) in [6.07, 6.45) is 6.26. The summed E-state index contributed by atoms with van der Waals surface area (Å²) in [6, 6.07) is 8.51. The Morgan fingerprint density at radius 2 is 1.85 bits per heavy atom. The smallest absolute Gasteiger partial charge is 0.269 e. The topological polar surface area (TPSA) is 81.5 Å². The van der Waals surface area contributed by atoms with Crippen molar-refractivity contribution in [3.05, 3.63) is 58.3 Å². The fraction of sp³-hybridized carbons (Fsp3) is 0.480. The van der Waals surface area contributed by atoms with E-state index in [0.29, 0.717) is 25.8 Å². The van der Waals surface area contributed by atoms with E-state index in [1.807, 2.05) is 35.8 Å². The molecule has 174 valence electrons. The van der Waals surface area contributed by atoms with Crippen LogP contribution >= 0.6 is 0 Å². The van der Waals surface area contributed by atoms with Crippen molar-refractivity contribution >= 4 is 11.0 Å². The number of ether oxygens (including phenoxy) is 2. The first-order chi connectivity index (χ1) is 16.2. The molecule has 8 nitrogen and oxygen atoms in total. The molecule has 2 aromatic heterocycles. The lowest BCUT2D eigenvalue weighted by molar-refractivity contribution is 0.191. The van der Waals surface area contributed by atoms with E-state index in [9.17, 15) is 4.79 Å². The lowest BCUT2D eigenvalue weighted by Crippen LogP contribution is -2.43. The summed E-state index contributed by atoms with van der Waals surface area (Å²) in [4.78, 5) is 23.7. The molecule has 1 saturated heterocycles. The van der Waals surface area contributed by atoms with Crippen LogP contribution < -0.4 is 20.3 Å². The number of hydrogen-bond donors (Lipinski definition) is 1.